The quantitative estimate of drug-likeness (QED) is 0.190. The van der Waals surface area contributed by atoms with Crippen LogP contribution in [0.5, 0.6) is 0 Å². The molecule has 0 saturated heterocycles. The molecule has 11 aromatic rings. The van der Waals surface area contributed by atoms with Crippen LogP contribution in [0.4, 0.5) is 0 Å². The second-order valence-corrected chi connectivity index (χ2v) is 13.0. The van der Waals surface area contributed by atoms with E-state index in [4.69, 9.17) is 18.8 Å². The van der Waals surface area contributed by atoms with Gasteiger partial charge in [-0.3, -0.25) is 4.57 Å². The lowest BCUT2D eigenvalue weighted by Crippen LogP contribution is -2.04. The van der Waals surface area contributed by atoms with E-state index >= 15 is 0 Å². The van der Waals surface area contributed by atoms with Crippen molar-refractivity contribution in [1.82, 2.24) is 14.5 Å². The Bertz CT molecular complexity index is 3150. The van der Waals surface area contributed by atoms with Gasteiger partial charge in [0.05, 0.1) is 22.4 Å². The number of hydrogen-bond donors (Lipinski definition) is 0. The predicted octanol–water partition coefficient (Wildman–Crippen LogP) is 12.4. The molecule has 238 valence electrons. The van der Waals surface area contributed by atoms with Gasteiger partial charge in [-0.1, -0.05) is 115 Å². The number of para-hydroxylation sites is 4. The minimum Gasteiger partial charge on any atom is -0.456 e. The van der Waals surface area contributed by atoms with E-state index < -0.39 is 0 Å². The van der Waals surface area contributed by atoms with E-state index in [2.05, 4.69) is 132 Å². The SMILES string of the molecule is c1ccc(-c2cccc(-c3cc(-c4cccc5c4oc4ccccc45)nc(-n4c5ccccc5c5cc6oc7ccccc7c6cc54)n3)c2)cc1. The molecule has 0 aliphatic rings. The third-order valence-corrected chi connectivity index (χ3v) is 10.0. The standard InChI is InChI=1S/C46H27N3O2/c1-2-12-28(13-3-1)29-14-10-15-30(24-29)38-27-39(35-20-11-19-34-32-17-5-9-23-43(32)51-45(34)35)48-46(47-38)49-40-21-7-4-16-31(40)36-26-44-37(25-41(36)49)33-18-6-8-22-42(33)50-44/h1-27H. The van der Waals surface area contributed by atoms with E-state index in [1.165, 1.54) is 0 Å². The fraction of sp³-hybridized carbons (Fsp3) is 0. The van der Waals surface area contributed by atoms with Crippen molar-refractivity contribution in [2.24, 2.45) is 0 Å². The van der Waals surface area contributed by atoms with Crippen molar-refractivity contribution in [3.8, 4) is 39.6 Å². The molecular weight excluding hydrogens is 627 g/mol. The average Bonchev–Trinajstić information content (AvgIpc) is 3.86. The van der Waals surface area contributed by atoms with E-state index in [-0.39, 0.29) is 0 Å². The van der Waals surface area contributed by atoms with Crippen LogP contribution >= 0.6 is 0 Å². The van der Waals surface area contributed by atoms with Crippen LogP contribution in [0.25, 0.3) is 105 Å². The van der Waals surface area contributed by atoms with Crippen molar-refractivity contribution in [1.29, 1.82) is 0 Å². The summed E-state index contributed by atoms with van der Waals surface area (Å²) in [5.41, 5.74) is 11.2. The van der Waals surface area contributed by atoms with Crippen LogP contribution in [-0.2, 0) is 0 Å². The van der Waals surface area contributed by atoms with Crippen molar-refractivity contribution in [3.05, 3.63) is 164 Å². The molecule has 0 spiro atoms. The lowest BCUT2D eigenvalue weighted by atomic mass is 10.0. The molecule has 11 rings (SSSR count). The number of rotatable bonds is 4. The van der Waals surface area contributed by atoms with Gasteiger partial charge in [0.15, 0.2) is 0 Å². The Morgan fingerprint density at radius 1 is 0.373 bits per heavy atom. The fourth-order valence-electron chi connectivity index (χ4n) is 7.66. The zero-order chi connectivity index (χ0) is 33.5. The van der Waals surface area contributed by atoms with E-state index in [1.54, 1.807) is 0 Å². The largest absolute Gasteiger partial charge is 0.456 e. The highest BCUT2D eigenvalue weighted by molar-refractivity contribution is 6.17. The van der Waals surface area contributed by atoms with Crippen LogP contribution in [-0.4, -0.2) is 14.5 Å². The number of nitrogens with zero attached hydrogens (tertiary/aromatic N) is 3. The predicted molar refractivity (Wildman–Crippen MR) is 207 cm³/mol. The average molecular weight is 654 g/mol. The molecule has 0 radical (unpaired) electrons. The molecule has 51 heavy (non-hydrogen) atoms. The topological polar surface area (TPSA) is 57.0 Å². The minimum absolute atomic E-state index is 0.582. The van der Waals surface area contributed by atoms with Crippen LogP contribution in [0, 0.1) is 0 Å². The Morgan fingerprint density at radius 3 is 1.88 bits per heavy atom. The molecule has 5 nitrogen and oxygen atoms in total. The lowest BCUT2D eigenvalue weighted by molar-refractivity contribution is 0.669. The van der Waals surface area contributed by atoms with Crippen molar-refractivity contribution >= 4 is 65.7 Å². The maximum Gasteiger partial charge on any atom is 0.235 e. The molecule has 4 heterocycles. The normalized spacial score (nSPS) is 11.9. The van der Waals surface area contributed by atoms with Crippen LogP contribution in [0.15, 0.2) is 173 Å². The molecule has 0 aliphatic heterocycles. The smallest absolute Gasteiger partial charge is 0.235 e. The summed E-state index contributed by atoms with van der Waals surface area (Å²) < 4.78 is 15.1. The van der Waals surface area contributed by atoms with Crippen LogP contribution in [0.2, 0.25) is 0 Å². The third kappa shape index (κ3) is 4.28. The van der Waals surface area contributed by atoms with Gasteiger partial charge in [-0.15, -0.1) is 0 Å². The number of furan rings is 2. The summed E-state index contributed by atoms with van der Waals surface area (Å²) in [6.07, 6.45) is 0. The van der Waals surface area contributed by atoms with Gasteiger partial charge in [-0.05, 0) is 59.7 Å². The van der Waals surface area contributed by atoms with Gasteiger partial charge in [0.1, 0.15) is 22.3 Å². The highest BCUT2D eigenvalue weighted by Crippen LogP contribution is 2.40. The summed E-state index contributed by atoms with van der Waals surface area (Å²) in [6.45, 7) is 0. The van der Waals surface area contributed by atoms with Crippen molar-refractivity contribution in [3.63, 3.8) is 0 Å². The number of aromatic nitrogens is 3. The molecular formula is C46H27N3O2. The molecule has 0 bridgehead atoms. The highest BCUT2D eigenvalue weighted by atomic mass is 16.3. The van der Waals surface area contributed by atoms with E-state index in [1.807, 2.05) is 36.4 Å². The highest BCUT2D eigenvalue weighted by Gasteiger charge is 2.21. The van der Waals surface area contributed by atoms with Gasteiger partial charge < -0.3 is 8.83 Å². The minimum atomic E-state index is 0.582. The second-order valence-electron chi connectivity index (χ2n) is 13.0. The van der Waals surface area contributed by atoms with Crippen LogP contribution < -0.4 is 0 Å². The van der Waals surface area contributed by atoms with E-state index in [9.17, 15) is 0 Å². The Hall–Kier alpha value is -6.98. The zero-order valence-corrected chi connectivity index (χ0v) is 27.2. The molecule has 0 unspecified atom stereocenters. The third-order valence-electron chi connectivity index (χ3n) is 10.0. The summed E-state index contributed by atoms with van der Waals surface area (Å²) in [6, 6.07) is 56.6. The van der Waals surface area contributed by atoms with Crippen molar-refractivity contribution < 1.29 is 8.83 Å². The molecule has 0 N–H and O–H groups in total. The monoisotopic (exact) mass is 653 g/mol. The molecule has 0 fully saturated rings. The lowest BCUT2D eigenvalue weighted by Gasteiger charge is -2.13. The zero-order valence-electron chi connectivity index (χ0n) is 27.2. The molecule has 0 aliphatic carbocycles. The number of benzene rings is 7. The fourth-order valence-corrected chi connectivity index (χ4v) is 7.66. The van der Waals surface area contributed by atoms with E-state index in [0.717, 1.165) is 99.3 Å². The van der Waals surface area contributed by atoms with Gasteiger partial charge in [0.2, 0.25) is 5.95 Å². The second kappa shape index (κ2) is 10.8. The van der Waals surface area contributed by atoms with Gasteiger partial charge in [0.25, 0.3) is 0 Å². The summed E-state index contributed by atoms with van der Waals surface area (Å²) in [7, 11) is 0. The molecule has 0 amide bonds. The van der Waals surface area contributed by atoms with Crippen LogP contribution in [0.1, 0.15) is 0 Å². The Labute approximate surface area is 291 Å². The molecule has 0 saturated carbocycles. The van der Waals surface area contributed by atoms with Crippen molar-refractivity contribution in [2.45, 2.75) is 0 Å². The van der Waals surface area contributed by atoms with E-state index in [0.29, 0.717) is 5.95 Å². The molecule has 5 heteroatoms. The van der Waals surface area contributed by atoms with Gasteiger partial charge in [0, 0.05) is 43.4 Å². The van der Waals surface area contributed by atoms with Crippen LogP contribution in [0.3, 0.4) is 0 Å². The number of hydrogen-bond acceptors (Lipinski definition) is 4. The maximum absolute atomic E-state index is 6.53. The van der Waals surface area contributed by atoms with Gasteiger partial charge >= 0.3 is 0 Å². The molecule has 4 aromatic heterocycles. The van der Waals surface area contributed by atoms with Gasteiger partial charge in [-0.2, -0.15) is 0 Å². The molecule has 7 aromatic carbocycles. The summed E-state index contributed by atoms with van der Waals surface area (Å²) in [5, 5.41) is 6.46. The first-order chi connectivity index (χ1) is 25.3. The first kappa shape index (κ1) is 27.9. The molecule has 0 atom stereocenters. The maximum atomic E-state index is 6.53. The number of fused-ring (bicyclic) bond motifs is 9. The van der Waals surface area contributed by atoms with Crippen molar-refractivity contribution in [2.75, 3.05) is 0 Å². The Balaban J connectivity index is 1.22. The summed E-state index contributed by atoms with van der Waals surface area (Å²) in [4.78, 5) is 10.7. The summed E-state index contributed by atoms with van der Waals surface area (Å²) >= 11 is 0. The first-order valence-electron chi connectivity index (χ1n) is 17.1. The van der Waals surface area contributed by atoms with Gasteiger partial charge in [-0.25, -0.2) is 9.97 Å². The first-order valence-corrected chi connectivity index (χ1v) is 17.1. The summed E-state index contributed by atoms with van der Waals surface area (Å²) in [5.74, 6) is 0.582. The Morgan fingerprint density at radius 2 is 1.02 bits per heavy atom. The Kier molecular flexibility index (Phi) is 5.89.